The number of carbonyl (C=O) groups excluding carboxylic acids is 2. The molecular formula is C18H24N4O3. The highest BCUT2D eigenvalue weighted by molar-refractivity contribution is 5.87. The van der Waals surface area contributed by atoms with E-state index in [1.165, 1.54) is 0 Å². The van der Waals surface area contributed by atoms with Gasteiger partial charge < -0.3 is 10.1 Å². The number of ether oxygens (including phenoxy) is 1. The predicted octanol–water partition coefficient (Wildman–Crippen LogP) is 2.27. The summed E-state index contributed by atoms with van der Waals surface area (Å²) in [4.78, 5) is 24.4. The number of hydrogen-bond acceptors (Lipinski definition) is 5. The van der Waals surface area contributed by atoms with Gasteiger partial charge in [0.1, 0.15) is 5.60 Å². The van der Waals surface area contributed by atoms with Crippen molar-refractivity contribution >= 4 is 17.5 Å². The fourth-order valence-corrected chi connectivity index (χ4v) is 3.30. The number of pyridine rings is 1. The summed E-state index contributed by atoms with van der Waals surface area (Å²) in [5, 5.41) is 11.5. The van der Waals surface area contributed by atoms with Crippen LogP contribution in [0.1, 0.15) is 52.4 Å². The molecule has 1 amide bonds. The largest absolute Gasteiger partial charge is 0.459 e. The molecule has 0 bridgehead atoms. The Morgan fingerprint density at radius 1 is 1.40 bits per heavy atom. The lowest BCUT2D eigenvalue weighted by Crippen LogP contribution is -2.42. The molecule has 0 aromatic carbocycles. The van der Waals surface area contributed by atoms with E-state index in [1.807, 2.05) is 28.8 Å². The van der Waals surface area contributed by atoms with Crippen LogP contribution in [0.3, 0.4) is 0 Å². The topological polar surface area (TPSA) is 85.6 Å². The Kier molecular flexibility index (Phi) is 4.49. The van der Waals surface area contributed by atoms with Crippen LogP contribution in [0.2, 0.25) is 0 Å². The summed E-state index contributed by atoms with van der Waals surface area (Å²) in [7, 11) is 0. The molecule has 1 N–H and O–H groups in total. The second-order valence-corrected chi connectivity index (χ2v) is 7.51. The van der Waals surface area contributed by atoms with Crippen LogP contribution in [0, 0.1) is 11.8 Å². The zero-order valence-electron chi connectivity index (χ0n) is 15.0. The number of hydrogen-bond donors (Lipinski definition) is 1. The van der Waals surface area contributed by atoms with Crippen LogP contribution in [0.5, 0.6) is 0 Å². The molecule has 1 aliphatic rings. The minimum Gasteiger partial charge on any atom is -0.459 e. The zero-order chi connectivity index (χ0) is 18.2. The molecule has 3 heterocycles. The number of rotatable bonds is 5. The Morgan fingerprint density at radius 3 is 2.80 bits per heavy atom. The number of nitrogens with one attached hydrogen (secondary N) is 1. The molecule has 2 aromatic rings. The average molecular weight is 344 g/mol. The Hall–Kier alpha value is -2.44. The first kappa shape index (κ1) is 17.4. The number of esters is 1. The highest BCUT2D eigenvalue weighted by atomic mass is 16.6. The number of carbonyl (C=O) groups is 2. The van der Waals surface area contributed by atoms with Crippen molar-refractivity contribution in [1.29, 1.82) is 0 Å². The lowest BCUT2D eigenvalue weighted by atomic mass is 9.89. The quantitative estimate of drug-likeness (QED) is 0.841. The summed E-state index contributed by atoms with van der Waals surface area (Å²) in [5.41, 5.74) is -0.0589. The van der Waals surface area contributed by atoms with Crippen LogP contribution in [-0.2, 0) is 14.3 Å². The zero-order valence-corrected chi connectivity index (χ0v) is 15.0. The summed E-state index contributed by atoms with van der Waals surface area (Å²) in [6.07, 6.45) is 2.72. The van der Waals surface area contributed by atoms with Crippen molar-refractivity contribution in [3.8, 4) is 0 Å². The maximum atomic E-state index is 12.8. The normalized spacial score (nSPS) is 20.7. The van der Waals surface area contributed by atoms with Crippen molar-refractivity contribution in [3.63, 3.8) is 0 Å². The van der Waals surface area contributed by atoms with E-state index in [2.05, 4.69) is 29.4 Å². The Labute approximate surface area is 146 Å². The third-order valence-electron chi connectivity index (χ3n) is 4.58. The van der Waals surface area contributed by atoms with Gasteiger partial charge in [-0.05, 0) is 38.3 Å². The molecular weight excluding hydrogens is 320 g/mol. The van der Waals surface area contributed by atoms with E-state index in [-0.39, 0.29) is 24.3 Å². The molecule has 0 spiro atoms. The van der Waals surface area contributed by atoms with E-state index in [1.54, 1.807) is 13.8 Å². The lowest BCUT2D eigenvalue weighted by molar-refractivity contribution is -0.147. The van der Waals surface area contributed by atoms with Gasteiger partial charge in [-0.1, -0.05) is 19.9 Å². The first-order valence-electron chi connectivity index (χ1n) is 8.60. The van der Waals surface area contributed by atoms with E-state index in [0.29, 0.717) is 11.7 Å². The molecule has 0 aliphatic carbocycles. The molecule has 25 heavy (non-hydrogen) atoms. The van der Waals surface area contributed by atoms with Crippen molar-refractivity contribution in [3.05, 3.63) is 30.2 Å². The van der Waals surface area contributed by atoms with Gasteiger partial charge in [0.25, 0.3) is 0 Å². The van der Waals surface area contributed by atoms with Gasteiger partial charge in [0, 0.05) is 6.20 Å². The van der Waals surface area contributed by atoms with Gasteiger partial charge in [0.05, 0.1) is 18.4 Å². The molecule has 7 heteroatoms. The fraction of sp³-hybridized carbons (Fsp3) is 0.556. The van der Waals surface area contributed by atoms with Gasteiger partial charge in [-0.25, -0.2) is 0 Å². The van der Waals surface area contributed by atoms with E-state index in [4.69, 9.17) is 4.74 Å². The number of cyclic esters (lactones) is 1. The number of aromatic nitrogens is 3. The second-order valence-electron chi connectivity index (χ2n) is 7.51. The lowest BCUT2D eigenvalue weighted by Gasteiger charge is -2.26. The van der Waals surface area contributed by atoms with Crippen LogP contribution in [0.15, 0.2) is 24.4 Å². The fourth-order valence-electron chi connectivity index (χ4n) is 3.30. The van der Waals surface area contributed by atoms with Crippen molar-refractivity contribution in [2.45, 2.75) is 52.2 Å². The average Bonchev–Trinajstić information content (AvgIpc) is 3.06. The summed E-state index contributed by atoms with van der Waals surface area (Å²) in [6.45, 7) is 7.72. The molecule has 0 saturated carbocycles. The van der Waals surface area contributed by atoms with Gasteiger partial charge >= 0.3 is 5.97 Å². The van der Waals surface area contributed by atoms with Crippen molar-refractivity contribution in [1.82, 2.24) is 19.9 Å². The van der Waals surface area contributed by atoms with Gasteiger partial charge in [-0.2, -0.15) is 0 Å². The summed E-state index contributed by atoms with van der Waals surface area (Å²) in [6, 6.07) is 5.39. The Balaban J connectivity index is 1.87. The number of amides is 1. The molecule has 134 valence electrons. The third kappa shape index (κ3) is 3.50. The van der Waals surface area contributed by atoms with Gasteiger partial charge in [-0.15, -0.1) is 10.2 Å². The monoisotopic (exact) mass is 344 g/mol. The SMILES string of the molecule is CC(C)CC(NC(=O)C1CC(=O)OC1(C)C)c1nnc2ccccn12. The minimum absolute atomic E-state index is 0.105. The highest BCUT2D eigenvalue weighted by Gasteiger charge is 2.46. The number of nitrogens with zero attached hydrogens (tertiary/aromatic N) is 3. The molecule has 2 unspecified atom stereocenters. The van der Waals surface area contributed by atoms with Crippen LogP contribution in [0.25, 0.3) is 5.65 Å². The summed E-state index contributed by atoms with van der Waals surface area (Å²) in [5.74, 6) is 0.0260. The van der Waals surface area contributed by atoms with E-state index in [0.717, 1.165) is 12.1 Å². The first-order valence-corrected chi connectivity index (χ1v) is 8.60. The third-order valence-corrected chi connectivity index (χ3v) is 4.58. The van der Waals surface area contributed by atoms with E-state index < -0.39 is 11.5 Å². The van der Waals surface area contributed by atoms with Crippen molar-refractivity contribution in [2.24, 2.45) is 11.8 Å². The maximum absolute atomic E-state index is 12.8. The molecule has 7 nitrogen and oxygen atoms in total. The highest BCUT2D eigenvalue weighted by Crippen LogP contribution is 2.33. The van der Waals surface area contributed by atoms with E-state index in [9.17, 15) is 9.59 Å². The van der Waals surface area contributed by atoms with Crippen LogP contribution in [0.4, 0.5) is 0 Å². The van der Waals surface area contributed by atoms with Crippen molar-refractivity contribution in [2.75, 3.05) is 0 Å². The van der Waals surface area contributed by atoms with Gasteiger partial charge in [0.15, 0.2) is 11.5 Å². The van der Waals surface area contributed by atoms with Crippen LogP contribution in [-0.4, -0.2) is 32.1 Å². The first-order chi connectivity index (χ1) is 11.8. The Bertz CT molecular complexity index is 796. The molecule has 1 fully saturated rings. The molecule has 2 atom stereocenters. The van der Waals surface area contributed by atoms with Crippen molar-refractivity contribution < 1.29 is 14.3 Å². The molecule has 0 radical (unpaired) electrons. The minimum atomic E-state index is -0.795. The summed E-state index contributed by atoms with van der Waals surface area (Å²) < 4.78 is 7.16. The number of fused-ring (bicyclic) bond motifs is 1. The van der Waals surface area contributed by atoms with Gasteiger partial charge in [0.2, 0.25) is 5.91 Å². The van der Waals surface area contributed by atoms with Gasteiger partial charge in [-0.3, -0.25) is 14.0 Å². The van der Waals surface area contributed by atoms with Crippen LogP contribution < -0.4 is 5.32 Å². The maximum Gasteiger partial charge on any atom is 0.307 e. The molecule has 1 saturated heterocycles. The van der Waals surface area contributed by atoms with Crippen LogP contribution >= 0.6 is 0 Å². The molecule has 3 rings (SSSR count). The second kappa shape index (κ2) is 6.46. The Morgan fingerprint density at radius 2 is 2.16 bits per heavy atom. The predicted molar refractivity (Wildman–Crippen MR) is 91.6 cm³/mol. The summed E-state index contributed by atoms with van der Waals surface area (Å²) >= 11 is 0. The smallest absolute Gasteiger partial charge is 0.307 e. The van der Waals surface area contributed by atoms with E-state index >= 15 is 0 Å². The molecule has 1 aliphatic heterocycles. The molecule has 2 aromatic heterocycles. The standard InChI is InChI=1S/C18H24N4O3/c1-11(2)9-13(16-21-20-14-7-5-6-8-22(14)16)19-17(24)12-10-15(23)25-18(12,3)4/h5-8,11-13H,9-10H2,1-4H3,(H,19,24).